The van der Waals surface area contributed by atoms with E-state index in [2.05, 4.69) is 31.0 Å². The fourth-order valence-electron chi connectivity index (χ4n) is 3.97. The molecule has 1 aliphatic heterocycles. The SMILES string of the molecule is CCc1nc(C(C)CC)nc(N2CCN(C(=O)NC(C)C)CC2)c1Cc1ccccc1F. The predicted molar refractivity (Wildman–Crippen MR) is 127 cm³/mol. The van der Waals surface area contributed by atoms with Gasteiger partial charge in [-0.3, -0.25) is 0 Å². The van der Waals surface area contributed by atoms with Gasteiger partial charge in [0, 0.05) is 55.8 Å². The maximum atomic E-state index is 14.5. The van der Waals surface area contributed by atoms with Gasteiger partial charge in [0.2, 0.25) is 0 Å². The molecule has 1 aromatic heterocycles. The maximum Gasteiger partial charge on any atom is 0.317 e. The molecule has 0 bridgehead atoms. The molecule has 1 N–H and O–H groups in total. The molecule has 0 saturated carbocycles. The Kier molecular flexibility index (Phi) is 8.04. The summed E-state index contributed by atoms with van der Waals surface area (Å²) in [5, 5.41) is 2.97. The summed E-state index contributed by atoms with van der Waals surface area (Å²) in [5.41, 5.74) is 2.62. The summed E-state index contributed by atoms with van der Waals surface area (Å²) in [6.07, 6.45) is 2.18. The lowest BCUT2D eigenvalue weighted by atomic mass is 10.00. The highest BCUT2D eigenvalue weighted by Crippen LogP contribution is 2.29. The average molecular weight is 442 g/mol. The summed E-state index contributed by atoms with van der Waals surface area (Å²) in [4.78, 5) is 26.4. The van der Waals surface area contributed by atoms with E-state index in [1.807, 2.05) is 30.9 Å². The summed E-state index contributed by atoms with van der Waals surface area (Å²) in [5.74, 6) is 1.78. The van der Waals surface area contributed by atoms with Crippen molar-refractivity contribution < 1.29 is 9.18 Å². The van der Waals surface area contributed by atoms with Gasteiger partial charge in [-0.15, -0.1) is 0 Å². The molecule has 1 atom stereocenters. The zero-order valence-electron chi connectivity index (χ0n) is 20.0. The van der Waals surface area contributed by atoms with Gasteiger partial charge in [-0.2, -0.15) is 0 Å². The minimum absolute atomic E-state index is 0.0246. The smallest absolute Gasteiger partial charge is 0.317 e. The number of aromatic nitrogens is 2. The second-order valence-electron chi connectivity index (χ2n) is 8.84. The molecule has 2 heterocycles. The lowest BCUT2D eigenvalue weighted by Crippen LogP contribution is -2.53. The number of carbonyl (C=O) groups is 1. The van der Waals surface area contributed by atoms with Crippen molar-refractivity contribution in [2.45, 2.75) is 65.8 Å². The van der Waals surface area contributed by atoms with Crippen molar-refractivity contribution in [3.05, 3.63) is 52.7 Å². The Labute approximate surface area is 191 Å². The van der Waals surface area contributed by atoms with E-state index in [0.717, 1.165) is 35.7 Å². The second kappa shape index (κ2) is 10.7. The number of anilines is 1. The normalized spacial score (nSPS) is 15.2. The molecular formula is C25H36FN5O. The van der Waals surface area contributed by atoms with Crippen molar-refractivity contribution >= 4 is 11.8 Å². The summed E-state index contributed by atoms with van der Waals surface area (Å²) in [6.45, 7) is 12.9. The molecule has 7 heteroatoms. The van der Waals surface area contributed by atoms with Gasteiger partial charge in [0.25, 0.3) is 0 Å². The first-order valence-electron chi connectivity index (χ1n) is 11.8. The number of benzene rings is 1. The number of hydrogen-bond donors (Lipinski definition) is 1. The molecule has 1 fully saturated rings. The minimum atomic E-state index is -0.207. The van der Waals surface area contributed by atoms with E-state index < -0.39 is 0 Å². The Morgan fingerprint density at radius 3 is 2.38 bits per heavy atom. The lowest BCUT2D eigenvalue weighted by molar-refractivity contribution is 0.191. The van der Waals surface area contributed by atoms with Gasteiger partial charge in [-0.25, -0.2) is 19.2 Å². The molecule has 2 aromatic rings. The van der Waals surface area contributed by atoms with Gasteiger partial charge >= 0.3 is 6.03 Å². The highest BCUT2D eigenvalue weighted by atomic mass is 19.1. The quantitative estimate of drug-likeness (QED) is 0.686. The molecule has 1 aromatic carbocycles. The zero-order valence-corrected chi connectivity index (χ0v) is 20.0. The van der Waals surface area contributed by atoms with E-state index in [0.29, 0.717) is 38.2 Å². The number of hydrogen-bond acceptors (Lipinski definition) is 4. The predicted octanol–water partition coefficient (Wildman–Crippen LogP) is 4.52. The summed E-state index contributed by atoms with van der Waals surface area (Å²) in [6, 6.07) is 6.99. The van der Waals surface area contributed by atoms with Gasteiger partial charge in [-0.05, 0) is 38.3 Å². The van der Waals surface area contributed by atoms with Crippen molar-refractivity contribution in [1.29, 1.82) is 0 Å². The molecule has 0 spiro atoms. The summed E-state index contributed by atoms with van der Waals surface area (Å²) >= 11 is 0. The number of aryl methyl sites for hydroxylation is 1. The number of amides is 2. The van der Waals surface area contributed by atoms with Crippen molar-refractivity contribution in [2.24, 2.45) is 0 Å². The number of nitrogens with one attached hydrogen (secondary N) is 1. The molecule has 1 unspecified atom stereocenters. The van der Waals surface area contributed by atoms with Crippen LogP contribution >= 0.6 is 0 Å². The highest BCUT2D eigenvalue weighted by Gasteiger charge is 2.26. The van der Waals surface area contributed by atoms with Crippen LogP contribution in [0.5, 0.6) is 0 Å². The molecule has 6 nitrogen and oxygen atoms in total. The van der Waals surface area contributed by atoms with Gasteiger partial charge in [0.15, 0.2) is 0 Å². The van der Waals surface area contributed by atoms with E-state index in [1.165, 1.54) is 6.07 Å². The standard InChI is InChI=1S/C25H36FN5O/c1-6-18(5)23-28-22(7-2)20(16-19-10-8-9-11-21(19)26)24(29-23)30-12-14-31(15-13-30)25(32)27-17(3)4/h8-11,17-18H,6-7,12-16H2,1-5H3,(H,27,32). The van der Waals surface area contributed by atoms with Gasteiger partial charge in [0.1, 0.15) is 17.5 Å². The summed E-state index contributed by atoms with van der Waals surface area (Å²) in [7, 11) is 0. The zero-order chi connectivity index (χ0) is 23.3. The second-order valence-corrected chi connectivity index (χ2v) is 8.84. The number of rotatable bonds is 7. The maximum absolute atomic E-state index is 14.5. The van der Waals surface area contributed by atoms with Crippen LogP contribution in [0.15, 0.2) is 24.3 Å². The molecular weight excluding hydrogens is 405 g/mol. The van der Waals surface area contributed by atoms with Gasteiger partial charge < -0.3 is 15.1 Å². The fraction of sp³-hybridized carbons (Fsp3) is 0.560. The van der Waals surface area contributed by atoms with E-state index in [9.17, 15) is 9.18 Å². The van der Waals surface area contributed by atoms with Crippen LogP contribution in [0.3, 0.4) is 0 Å². The van der Waals surface area contributed by atoms with Crippen LogP contribution in [0.25, 0.3) is 0 Å². The Morgan fingerprint density at radius 1 is 1.09 bits per heavy atom. The fourth-order valence-corrected chi connectivity index (χ4v) is 3.97. The number of piperazine rings is 1. The summed E-state index contributed by atoms with van der Waals surface area (Å²) < 4.78 is 14.5. The van der Waals surface area contributed by atoms with Crippen LogP contribution < -0.4 is 10.2 Å². The van der Waals surface area contributed by atoms with Crippen LogP contribution in [0.4, 0.5) is 15.0 Å². The topological polar surface area (TPSA) is 61.4 Å². The molecule has 0 aliphatic carbocycles. The molecule has 32 heavy (non-hydrogen) atoms. The van der Waals surface area contributed by atoms with E-state index >= 15 is 0 Å². The monoisotopic (exact) mass is 441 g/mol. The third-order valence-corrected chi connectivity index (χ3v) is 6.08. The Bertz CT molecular complexity index is 925. The Balaban J connectivity index is 1.94. The minimum Gasteiger partial charge on any atom is -0.353 e. The molecule has 1 aliphatic rings. The first-order chi connectivity index (χ1) is 15.3. The van der Waals surface area contributed by atoms with E-state index in [1.54, 1.807) is 6.07 Å². The van der Waals surface area contributed by atoms with Crippen LogP contribution in [-0.2, 0) is 12.8 Å². The third-order valence-electron chi connectivity index (χ3n) is 6.08. The Hall–Kier alpha value is -2.70. The molecule has 0 radical (unpaired) electrons. The van der Waals surface area contributed by atoms with Crippen LogP contribution in [-0.4, -0.2) is 53.1 Å². The molecule has 3 rings (SSSR count). The molecule has 2 amide bonds. The van der Waals surface area contributed by atoms with Gasteiger partial charge in [-0.1, -0.05) is 39.0 Å². The lowest BCUT2D eigenvalue weighted by Gasteiger charge is -2.37. The first kappa shape index (κ1) is 24.0. The highest BCUT2D eigenvalue weighted by molar-refractivity contribution is 5.74. The van der Waals surface area contributed by atoms with Crippen LogP contribution in [0.2, 0.25) is 0 Å². The van der Waals surface area contributed by atoms with Crippen LogP contribution in [0.1, 0.15) is 69.6 Å². The first-order valence-corrected chi connectivity index (χ1v) is 11.8. The molecule has 174 valence electrons. The third kappa shape index (κ3) is 5.56. The average Bonchev–Trinajstić information content (AvgIpc) is 2.79. The van der Waals surface area contributed by atoms with Crippen molar-refractivity contribution in [3.63, 3.8) is 0 Å². The van der Waals surface area contributed by atoms with E-state index in [-0.39, 0.29) is 23.8 Å². The number of urea groups is 1. The van der Waals surface area contributed by atoms with Crippen molar-refractivity contribution in [2.75, 3.05) is 31.1 Å². The number of halogens is 1. The largest absolute Gasteiger partial charge is 0.353 e. The number of carbonyl (C=O) groups excluding carboxylic acids is 1. The van der Waals surface area contributed by atoms with Gasteiger partial charge in [0.05, 0.1) is 0 Å². The van der Waals surface area contributed by atoms with E-state index in [4.69, 9.17) is 9.97 Å². The van der Waals surface area contributed by atoms with Crippen molar-refractivity contribution in [3.8, 4) is 0 Å². The van der Waals surface area contributed by atoms with Crippen molar-refractivity contribution in [1.82, 2.24) is 20.2 Å². The molecule has 1 saturated heterocycles. The Morgan fingerprint density at radius 2 is 1.78 bits per heavy atom. The van der Waals surface area contributed by atoms with Crippen LogP contribution in [0, 0.1) is 5.82 Å². The number of nitrogens with zero attached hydrogens (tertiary/aromatic N) is 4.